The summed E-state index contributed by atoms with van der Waals surface area (Å²) in [5.74, 6) is 2.53. The van der Waals surface area contributed by atoms with Crippen molar-refractivity contribution >= 4 is 11.7 Å². The molecule has 1 amide bonds. The van der Waals surface area contributed by atoms with E-state index in [9.17, 15) is 9.18 Å². The Morgan fingerprint density at radius 3 is 2.30 bits per heavy atom. The molecule has 0 atom stereocenters. The summed E-state index contributed by atoms with van der Waals surface area (Å²) < 4.78 is 25.5. The number of benzene rings is 2. The quantitative estimate of drug-likeness (QED) is 0.380. The average molecular weight is 504 g/mol. The van der Waals surface area contributed by atoms with Crippen LogP contribution in [0.4, 0.5) is 10.2 Å². The molecule has 2 aromatic heterocycles. The van der Waals surface area contributed by atoms with Crippen molar-refractivity contribution in [3.63, 3.8) is 0 Å². The fourth-order valence-corrected chi connectivity index (χ4v) is 4.15. The Labute approximate surface area is 213 Å². The van der Waals surface area contributed by atoms with Gasteiger partial charge in [0.1, 0.15) is 30.3 Å². The van der Waals surface area contributed by atoms with E-state index < -0.39 is 0 Å². The van der Waals surface area contributed by atoms with Crippen LogP contribution in [0.5, 0.6) is 11.6 Å². The summed E-state index contributed by atoms with van der Waals surface area (Å²) in [5.41, 5.74) is 1.45. The minimum absolute atomic E-state index is 0.0247. The van der Waals surface area contributed by atoms with Crippen LogP contribution in [-0.4, -0.2) is 75.9 Å². The van der Waals surface area contributed by atoms with Crippen LogP contribution < -0.4 is 14.4 Å². The van der Waals surface area contributed by atoms with E-state index in [0.717, 1.165) is 11.4 Å². The maximum absolute atomic E-state index is 13.5. The highest BCUT2D eigenvalue weighted by atomic mass is 19.1. The molecule has 0 aliphatic carbocycles. The van der Waals surface area contributed by atoms with Gasteiger partial charge in [0.2, 0.25) is 11.8 Å². The lowest BCUT2D eigenvalue weighted by atomic mass is 10.2. The SMILES string of the molecule is COc1ccc(-c2nc(-c3ccc(F)cc3)nn2CC(=O)N2CCN(c3cc(OC)ncn3)CC2)cc1. The zero-order valence-corrected chi connectivity index (χ0v) is 20.5. The number of carbonyl (C=O) groups is 1. The van der Waals surface area contributed by atoms with Crippen molar-refractivity contribution in [2.24, 2.45) is 0 Å². The first-order chi connectivity index (χ1) is 18.0. The monoisotopic (exact) mass is 503 g/mol. The van der Waals surface area contributed by atoms with Crippen LogP contribution in [0.3, 0.4) is 0 Å². The molecule has 2 aromatic carbocycles. The van der Waals surface area contributed by atoms with Crippen LogP contribution in [0, 0.1) is 5.82 Å². The topological polar surface area (TPSA) is 98.5 Å². The Bertz CT molecular complexity index is 1370. The number of nitrogens with zero attached hydrogens (tertiary/aromatic N) is 7. The van der Waals surface area contributed by atoms with Crippen molar-refractivity contribution in [2.75, 3.05) is 45.3 Å². The lowest BCUT2D eigenvalue weighted by molar-refractivity contribution is -0.132. The van der Waals surface area contributed by atoms with Gasteiger partial charge in [-0.1, -0.05) is 0 Å². The van der Waals surface area contributed by atoms with Crippen molar-refractivity contribution in [3.8, 4) is 34.4 Å². The second kappa shape index (κ2) is 10.6. The van der Waals surface area contributed by atoms with Crippen LogP contribution in [0.2, 0.25) is 0 Å². The largest absolute Gasteiger partial charge is 0.497 e. The number of hydrogen-bond acceptors (Lipinski definition) is 8. The van der Waals surface area contributed by atoms with Crippen molar-refractivity contribution in [2.45, 2.75) is 6.54 Å². The van der Waals surface area contributed by atoms with Gasteiger partial charge in [0, 0.05) is 43.4 Å². The molecule has 1 fully saturated rings. The van der Waals surface area contributed by atoms with E-state index in [4.69, 9.17) is 9.47 Å². The van der Waals surface area contributed by atoms with Crippen LogP contribution in [0.25, 0.3) is 22.8 Å². The predicted octanol–water partition coefficient (Wildman–Crippen LogP) is 2.91. The number of aromatic nitrogens is 5. The molecule has 4 aromatic rings. The van der Waals surface area contributed by atoms with Gasteiger partial charge in [-0.25, -0.2) is 24.0 Å². The molecule has 3 heterocycles. The molecule has 1 saturated heterocycles. The molecule has 0 N–H and O–H groups in total. The summed E-state index contributed by atoms with van der Waals surface area (Å²) in [5, 5.41) is 4.61. The van der Waals surface area contributed by atoms with Gasteiger partial charge < -0.3 is 19.3 Å². The van der Waals surface area contributed by atoms with Crippen LogP contribution >= 0.6 is 0 Å². The summed E-state index contributed by atoms with van der Waals surface area (Å²) in [7, 11) is 3.17. The van der Waals surface area contributed by atoms with Gasteiger partial charge in [0.25, 0.3) is 0 Å². The third kappa shape index (κ3) is 5.35. The summed E-state index contributed by atoms with van der Waals surface area (Å²) in [6, 6.07) is 15.1. The number of methoxy groups -OCH3 is 2. The molecule has 1 aliphatic rings. The first-order valence-corrected chi connectivity index (χ1v) is 11.8. The van der Waals surface area contributed by atoms with E-state index >= 15 is 0 Å². The molecular formula is C26H26FN7O3. The number of carbonyl (C=O) groups excluding carboxylic acids is 1. The van der Waals surface area contributed by atoms with E-state index in [0.29, 0.717) is 55.0 Å². The summed E-state index contributed by atoms with van der Waals surface area (Å²) in [6.07, 6.45) is 1.47. The molecule has 5 rings (SSSR count). The maximum Gasteiger partial charge on any atom is 0.244 e. The molecule has 0 spiro atoms. The van der Waals surface area contributed by atoms with Gasteiger partial charge in [0.15, 0.2) is 11.6 Å². The van der Waals surface area contributed by atoms with Crippen molar-refractivity contribution in [3.05, 3.63) is 66.7 Å². The summed E-state index contributed by atoms with van der Waals surface area (Å²) in [6.45, 7) is 2.38. The fourth-order valence-electron chi connectivity index (χ4n) is 4.15. The smallest absolute Gasteiger partial charge is 0.244 e. The Morgan fingerprint density at radius 2 is 1.62 bits per heavy atom. The Kier molecular flexibility index (Phi) is 6.93. The first kappa shape index (κ1) is 24.2. The van der Waals surface area contributed by atoms with Gasteiger partial charge in [0.05, 0.1) is 14.2 Å². The molecule has 11 heteroatoms. The zero-order valence-electron chi connectivity index (χ0n) is 20.5. The van der Waals surface area contributed by atoms with Gasteiger partial charge in [-0.05, 0) is 48.5 Å². The molecule has 190 valence electrons. The van der Waals surface area contributed by atoms with Gasteiger partial charge in [-0.3, -0.25) is 4.79 Å². The summed E-state index contributed by atoms with van der Waals surface area (Å²) >= 11 is 0. The fraction of sp³-hybridized carbons (Fsp3) is 0.269. The molecule has 0 saturated carbocycles. The number of hydrogen-bond donors (Lipinski definition) is 0. The van der Waals surface area contributed by atoms with Crippen LogP contribution in [0.1, 0.15) is 0 Å². The molecule has 37 heavy (non-hydrogen) atoms. The number of rotatable bonds is 7. The molecule has 1 aliphatic heterocycles. The van der Waals surface area contributed by atoms with E-state index in [1.807, 2.05) is 29.2 Å². The lowest BCUT2D eigenvalue weighted by Gasteiger charge is -2.35. The lowest BCUT2D eigenvalue weighted by Crippen LogP contribution is -2.50. The minimum Gasteiger partial charge on any atom is -0.497 e. The highest BCUT2D eigenvalue weighted by Gasteiger charge is 2.24. The van der Waals surface area contributed by atoms with E-state index in [-0.39, 0.29) is 18.3 Å². The van der Waals surface area contributed by atoms with E-state index in [2.05, 4.69) is 25.0 Å². The van der Waals surface area contributed by atoms with Crippen molar-refractivity contribution < 1.29 is 18.7 Å². The number of piperazine rings is 1. The van der Waals surface area contributed by atoms with Crippen LogP contribution in [-0.2, 0) is 11.3 Å². The zero-order chi connectivity index (χ0) is 25.8. The number of amides is 1. The maximum atomic E-state index is 13.5. The standard InChI is InChI=1S/C26H26FN7O3/c1-36-21-9-5-19(6-10-21)26-30-25(18-3-7-20(27)8-4-18)31-34(26)16-24(35)33-13-11-32(12-14-33)22-15-23(37-2)29-17-28-22/h3-10,15,17H,11-14,16H2,1-2H3. The van der Waals surface area contributed by atoms with E-state index in [1.54, 1.807) is 37.1 Å². The highest BCUT2D eigenvalue weighted by Crippen LogP contribution is 2.25. The molecule has 0 bridgehead atoms. The van der Waals surface area contributed by atoms with Gasteiger partial charge >= 0.3 is 0 Å². The Morgan fingerprint density at radius 1 is 0.919 bits per heavy atom. The summed E-state index contributed by atoms with van der Waals surface area (Å²) in [4.78, 5) is 30.3. The first-order valence-electron chi connectivity index (χ1n) is 11.8. The van der Waals surface area contributed by atoms with Crippen molar-refractivity contribution in [1.29, 1.82) is 0 Å². The average Bonchev–Trinajstić information content (AvgIpc) is 3.37. The van der Waals surface area contributed by atoms with Crippen LogP contribution in [0.15, 0.2) is 60.9 Å². The Balaban J connectivity index is 1.34. The predicted molar refractivity (Wildman–Crippen MR) is 135 cm³/mol. The van der Waals surface area contributed by atoms with Crippen molar-refractivity contribution in [1.82, 2.24) is 29.6 Å². The second-order valence-corrected chi connectivity index (χ2v) is 8.44. The van der Waals surface area contributed by atoms with E-state index in [1.165, 1.54) is 18.5 Å². The number of halogens is 1. The molecular weight excluding hydrogens is 477 g/mol. The minimum atomic E-state index is -0.340. The third-order valence-electron chi connectivity index (χ3n) is 6.20. The third-order valence-corrected chi connectivity index (χ3v) is 6.20. The molecule has 10 nitrogen and oxygen atoms in total. The molecule has 0 unspecified atom stereocenters. The van der Waals surface area contributed by atoms with Gasteiger partial charge in [-0.15, -0.1) is 5.10 Å². The number of ether oxygens (including phenoxy) is 2. The normalized spacial score (nSPS) is 13.5. The van der Waals surface area contributed by atoms with Gasteiger partial charge in [-0.2, -0.15) is 0 Å². The second-order valence-electron chi connectivity index (χ2n) is 8.44. The molecule has 0 radical (unpaired) electrons. The Hall–Kier alpha value is -4.54. The highest BCUT2D eigenvalue weighted by molar-refractivity contribution is 5.77. The number of anilines is 1.